The fraction of sp³-hybridized carbons (Fsp3) is 0.650. The van der Waals surface area contributed by atoms with Gasteiger partial charge in [0.1, 0.15) is 10.8 Å². The Bertz CT molecular complexity index is 628. The quantitative estimate of drug-likeness (QED) is 0.389. The first-order chi connectivity index (χ1) is 13.1. The van der Waals surface area contributed by atoms with E-state index in [0.29, 0.717) is 18.2 Å². The molecule has 1 aromatic heterocycles. The van der Waals surface area contributed by atoms with Gasteiger partial charge in [-0.1, -0.05) is 24.6 Å². The predicted molar refractivity (Wildman–Crippen MR) is 115 cm³/mol. The number of amides is 1. The zero-order valence-corrected chi connectivity index (χ0v) is 18.6. The number of nitrogens with one attached hydrogen (secondary N) is 2. The van der Waals surface area contributed by atoms with E-state index >= 15 is 0 Å². The summed E-state index contributed by atoms with van der Waals surface area (Å²) in [4.78, 5) is 22.4. The maximum absolute atomic E-state index is 12.1. The number of hydrogen-bond donors (Lipinski definition) is 2. The Labute approximate surface area is 173 Å². The number of guanidine groups is 1. The van der Waals surface area contributed by atoms with E-state index in [1.54, 1.807) is 24.2 Å². The van der Waals surface area contributed by atoms with Crippen LogP contribution in [0.15, 0.2) is 23.3 Å². The van der Waals surface area contributed by atoms with Gasteiger partial charge in [0.2, 0.25) is 0 Å². The minimum Gasteiger partial charge on any atom is -0.444 e. The highest BCUT2D eigenvalue weighted by atomic mass is 35.5. The molecule has 1 rings (SSSR count). The van der Waals surface area contributed by atoms with Crippen LogP contribution < -0.4 is 10.6 Å². The molecule has 8 heteroatoms. The molecule has 0 bridgehead atoms. The molecule has 1 amide bonds. The number of carbonyl (C=O) groups is 1. The maximum atomic E-state index is 12.1. The molecule has 158 valence electrons. The van der Waals surface area contributed by atoms with Gasteiger partial charge in [-0.2, -0.15) is 0 Å². The van der Waals surface area contributed by atoms with Crippen molar-refractivity contribution in [2.24, 2.45) is 10.9 Å². The Balaban J connectivity index is 2.46. The van der Waals surface area contributed by atoms with Crippen molar-refractivity contribution < 1.29 is 9.53 Å². The number of aromatic nitrogens is 1. The van der Waals surface area contributed by atoms with Crippen molar-refractivity contribution in [2.75, 3.05) is 33.2 Å². The number of hydrogen-bond acceptors (Lipinski definition) is 4. The summed E-state index contributed by atoms with van der Waals surface area (Å²) in [5.41, 5.74) is 0.620. The van der Waals surface area contributed by atoms with Crippen LogP contribution in [-0.4, -0.2) is 60.8 Å². The van der Waals surface area contributed by atoms with Gasteiger partial charge < -0.3 is 20.3 Å². The second-order valence-corrected chi connectivity index (χ2v) is 8.24. The lowest BCUT2D eigenvalue weighted by Crippen LogP contribution is -2.39. The minimum atomic E-state index is -0.492. The van der Waals surface area contributed by atoms with Crippen molar-refractivity contribution in [1.82, 2.24) is 20.5 Å². The number of aliphatic imine (C=N–C) groups is 1. The van der Waals surface area contributed by atoms with Gasteiger partial charge in [0, 0.05) is 39.4 Å². The number of pyridine rings is 1. The van der Waals surface area contributed by atoms with Crippen molar-refractivity contribution in [3.05, 3.63) is 29.0 Å². The number of halogens is 1. The lowest BCUT2D eigenvalue weighted by molar-refractivity contribution is 0.0279. The van der Waals surface area contributed by atoms with Gasteiger partial charge in [0.25, 0.3) is 0 Å². The van der Waals surface area contributed by atoms with Crippen LogP contribution in [0, 0.1) is 5.92 Å². The molecule has 0 aliphatic rings. The molecular weight excluding hydrogens is 378 g/mol. The van der Waals surface area contributed by atoms with Crippen LogP contribution in [0.1, 0.15) is 40.2 Å². The van der Waals surface area contributed by atoms with E-state index in [1.165, 1.54) is 0 Å². The first-order valence-electron chi connectivity index (χ1n) is 9.67. The molecule has 1 unspecified atom stereocenters. The molecular formula is C20H34ClN5O2. The summed E-state index contributed by atoms with van der Waals surface area (Å²) in [6.45, 7) is 12.4. The van der Waals surface area contributed by atoms with E-state index in [4.69, 9.17) is 16.3 Å². The van der Waals surface area contributed by atoms with Crippen LogP contribution in [0.25, 0.3) is 0 Å². The van der Waals surface area contributed by atoms with Gasteiger partial charge in [-0.3, -0.25) is 4.99 Å². The number of nitrogens with zero attached hydrogens (tertiary/aromatic N) is 3. The summed E-state index contributed by atoms with van der Waals surface area (Å²) in [5.74, 6) is 0.963. The van der Waals surface area contributed by atoms with Crippen molar-refractivity contribution in [1.29, 1.82) is 0 Å². The number of rotatable bonds is 8. The van der Waals surface area contributed by atoms with Gasteiger partial charge in [-0.05, 0) is 51.7 Å². The molecule has 1 atom stereocenters. The third kappa shape index (κ3) is 10.3. The van der Waals surface area contributed by atoms with E-state index in [9.17, 15) is 4.79 Å². The van der Waals surface area contributed by atoms with Gasteiger partial charge >= 0.3 is 6.09 Å². The summed E-state index contributed by atoms with van der Waals surface area (Å²) >= 11 is 5.81. The molecule has 0 fully saturated rings. The lowest BCUT2D eigenvalue weighted by atomic mass is 10.2. The second-order valence-electron chi connectivity index (χ2n) is 7.85. The molecule has 0 radical (unpaired) electrons. The summed E-state index contributed by atoms with van der Waals surface area (Å²) < 4.78 is 5.38. The zero-order valence-electron chi connectivity index (χ0n) is 17.9. The smallest absolute Gasteiger partial charge is 0.410 e. The highest BCUT2D eigenvalue weighted by Crippen LogP contribution is 2.10. The van der Waals surface area contributed by atoms with Crippen molar-refractivity contribution in [3.63, 3.8) is 0 Å². The van der Waals surface area contributed by atoms with Gasteiger partial charge in [0.05, 0.1) is 0 Å². The molecule has 7 nitrogen and oxygen atoms in total. The van der Waals surface area contributed by atoms with E-state index in [-0.39, 0.29) is 12.0 Å². The van der Waals surface area contributed by atoms with Crippen LogP contribution in [0.2, 0.25) is 5.15 Å². The SMILES string of the molecule is CCNC(=NCC(C)CN(C)C(=O)OC(C)(C)C)NCCc1ccc(Cl)nc1. The number of carbonyl (C=O) groups excluding carboxylic acids is 1. The fourth-order valence-corrected chi connectivity index (χ4v) is 2.52. The van der Waals surface area contributed by atoms with Crippen LogP contribution >= 0.6 is 11.6 Å². The molecule has 1 heterocycles. The largest absolute Gasteiger partial charge is 0.444 e. The predicted octanol–water partition coefficient (Wildman–Crippen LogP) is 3.34. The normalized spacial score (nSPS) is 13.0. The molecule has 0 saturated carbocycles. The third-order valence-corrected chi connectivity index (χ3v) is 3.91. The molecule has 0 spiro atoms. The van der Waals surface area contributed by atoms with Crippen molar-refractivity contribution in [3.8, 4) is 0 Å². The monoisotopic (exact) mass is 411 g/mol. The highest BCUT2D eigenvalue weighted by Gasteiger charge is 2.20. The Morgan fingerprint density at radius 1 is 1.36 bits per heavy atom. The first-order valence-corrected chi connectivity index (χ1v) is 10.0. The standard InChI is InChI=1S/C20H34ClN5O2/c1-7-22-18(23-11-10-16-8-9-17(21)24-13-16)25-12-15(2)14-26(6)19(27)28-20(3,4)5/h8-9,13,15H,7,10-12,14H2,1-6H3,(H2,22,23,25). The zero-order chi connectivity index (χ0) is 21.2. The van der Waals surface area contributed by atoms with Gasteiger partial charge in [0.15, 0.2) is 5.96 Å². The Morgan fingerprint density at radius 3 is 2.64 bits per heavy atom. The van der Waals surface area contributed by atoms with Crippen LogP contribution in [0.3, 0.4) is 0 Å². The number of ether oxygens (including phenoxy) is 1. The molecule has 1 aromatic rings. The van der Waals surface area contributed by atoms with Crippen molar-refractivity contribution in [2.45, 2.75) is 46.6 Å². The molecule has 28 heavy (non-hydrogen) atoms. The highest BCUT2D eigenvalue weighted by molar-refractivity contribution is 6.29. The summed E-state index contributed by atoms with van der Waals surface area (Å²) in [6, 6.07) is 3.76. The minimum absolute atomic E-state index is 0.202. The van der Waals surface area contributed by atoms with Gasteiger partial charge in [-0.25, -0.2) is 9.78 Å². The molecule has 2 N–H and O–H groups in total. The van der Waals surface area contributed by atoms with E-state index < -0.39 is 5.60 Å². The van der Waals surface area contributed by atoms with Crippen LogP contribution in [0.4, 0.5) is 4.79 Å². The summed E-state index contributed by atoms with van der Waals surface area (Å²) in [7, 11) is 1.75. The summed E-state index contributed by atoms with van der Waals surface area (Å²) in [5, 5.41) is 7.05. The second kappa shape index (κ2) is 11.7. The topological polar surface area (TPSA) is 78.9 Å². The summed E-state index contributed by atoms with van der Waals surface area (Å²) in [6.07, 6.45) is 2.29. The van der Waals surface area contributed by atoms with Gasteiger partial charge in [-0.15, -0.1) is 0 Å². The van der Waals surface area contributed by atoms with Crippen LogP contribution in [-0.2, 0) is 11.2 Å². The third-order valence-electron chi connectivity index (χ3n) is 3.69. The fourth-order valence-electron chi connectivity index (χ4n) is 2.41. The van der Waals surface area contributed by atoms with E-state index in [0.717, 1.165) is 31.0 Å². The average molecular weight is 412 g/mol. The van der Waals surface area contributed by atoms with Crippen molar-refractivity contribution >= 4 is 23.7 Å². The van der Waals surface area contributed by atoms with E-state index in [2.05, 4.69) is 27.5 Å². The van der Waals surface area contributed by atoms with Crippen LogP contribution in [0.5, 0.6) is 0 Å². The average Bonchev–Trinajstić information content (AvgIpc) is 2.59. The Morgan fingerprint density at radius 2 is 2.07 bits per heavy atom. The van der Waals surface area contributed by atoms with E-state index in [1.807, 2.05) is 33.8 Å². The lowest BCUT2D eigenvalue weighted by Gasteiger charge is -2.26. The maximum Gasteiger partial charge on any atom is 0.410 e. The molecule has 0 saturated heterocycles. The first kappa shape index (κ1) is 24.0. The Kier molecular flexibility index (Phi) is 10.1. The Hall–Kier alpha value is -2.02. The molecule has 0 aliphatic heterocycles. The molecule has 0 aromatic carbocycles. The molecule has 0 aliphatic carbocycles.